The quantitative estimate of drug-likeness (QED) is 0.864. The van der Waals surface area contributed by atoms with Crippen LogP contribution in [0.2, 0.25) is 0 Å². The van der Waals surface area contributed by atoms with Crippen molar-refractivity contribution in [3.63, 3.8) is 0 Å². The van der Waals surface area contributed by atoms with Crippen molar-refractivity contribution in [1.82, 2.24) is 15.3 Å². The van der Waals surface area contributed by atoms with Gasteiger partial charge in [-0.05, 0) is 31.2 Å². The molecule has 0 saturated carbocycles. The van der Waals surface area contributed by atoms with E-state index in [2.05, 4.69) is 28.3 Å². The summed E-state index contributed by atoms with van der Waals surface area (Å²) in [6, 6.07) is 4.12. The van der Waals surface area contributed by atoms with E-state index in [-0.39, 0.29) is 0 Å². The fourth-order valence-corrected chi connectivity index (χ4v) is 1.83. The van der Waals surface area contributed by atoms with E-state index in [0.717, 1.165) is 30.0 Å². The Hall–Kier alpha value is -1.94. The molecule has 0 fully saturated rings. The summed E-state index contributed by atoms with van der Waals surface area (Å²) in [5.74, 6) is 0.789. The highest BCUT2D eigenvalue weighted by atomic mass is 16.5. The van der Waals surface area contributed by atoms with Crippen LogP contribution in [0.15, 0.2) is 36.9 Å². The van der Waals surface area contributed by atoms with Gasteiger partial charge in [0.15, 0.2) is 0 Å². The summed E-state index contributed by atoms with van der Waals surface area (Å²) in [5, 5.41) is 3.29. The first kappa shape index (κ1) is 13.5. The molecule has 0 aliphatic carbocycles. The minimum absolute atomic E-state index is 0.643. The van der Waals surface area contributed by atoms with Crippen LogP contribution < -0.4 is 10.1 Å². The van der Waals surface area contributed by atoms with Crippen LogP contribution in [-0.4, -0.2) is 23.1 Å². The molecule has 2 aromatic rings. The Kier molecular flexibility index (Phi) is 4.86. The smallest absolute Gasteiger partial charge is 0.138 e. The summed E-state index contributed by atoms with van der Waals surface area (Å²) in [6.07, 6.45) is 7.29. The van der Waals surface area contributed by atoms with E-state index in [0.29, 0.717) is 6.61 Å². The van der Waals surface area contributed by atoms with Gasteiger partial charge in [-0.25, -0.2) is 0 Å². The van der Waals surface area contributed by atoms with Crippen molar-refractivity contribution in [3.05, 3.63) is 42.5 Å². The highest BCUT2D eigenvalue weighted by Gasteiger charge is 2.02. The molecule has 0 amide bonds. The molecule has 4 nitrogen and oxygen atoms in total. The molecule has 0 aliphatic heterocycles. The summed E-state index contributed by atoms with van der Waals surface area (Å²) in [6.45, 7) is 6.48. The highest BCUT2D eigenvalue weighted by molar-refractivity contribution is 5.63. The first-order chi connectivity index (χ1) is 9.33. The van der Waals surface area contributed by atoms with Gasteiger partial charge in [-0.3, -0.25) is 9.97 Å². The molecule has 0 unspecified atom stereocenters. The Morgan fingerprint density at radius 3 is 2.47 bits per heavy atom. The Labute approximate surface area is 113 Å². The summed E-state index contributed by atoms with van der Waals surface area (Å²) in [4.78, 5) is 8.48. The van der Waals surface area contributed by atoms with Crippen LogP contribution in [0.4, 0.5) is 0 Å². The third kappa shape index (κ3) is 3.76. The van der Waals surface area contributed by atoms with Gasteiger partial charge < -0.3 is 10.1 Å². The minimum atomic E-state index is 0.643. The third-order valence-electron chi connectivity index (χ3n) is 2.73. The number of aromatic nitrogens is 2. The van der Waals surface area contributed by atoms with Gasteiger partial charge in [0.05, 0.1) is 12.8 Å². The molecule has 4 heteroatoms. The number of hydrogen-bond acceptors (Lipinski definition) is 4. The Morgan fingerprint density at radius 1 is 1.00 bits per heavy atom. The van der Waals surface area contributed by atoms with Crippen LogP contribution in [0.3, 0.4) is 0 Å². The predicted octanol–water partition coefficient (Wildman–Crippen LogP) is 2.65. The van der Waals surface area contributed by atoms with E-state index < -0.39 is 0 Å². The zero-order valence-electron chi connectivity index (χ0n) is 11.4. The van der Waals surface area contributed by atoms with Crippen molar-refractivity contribution in [2.45, 2.75) is 20.4 Å². The van der Waals surface area contributed by atoms with Gasteiger partial charge >= 0.3 is 0 Å². The van der Waals surface area contributed by atoms with Crippen LogP contribution in [0.5, 0.6) is 5.75 Å². The molecule has 0 aromatic carbocycles. The summed E-state index contributed by atoms with van der Waals surface area (Å²) in [5.41, 5.74) is 3.25. The largest absolute Gasteiger partial charge is 0.492 e. The molecule has 2 aromatic heterocycles. The Bertz CT molecular complexity index is 528. The van der Waals surface area contributed by atoms with E-state index in [4.69, 9.17) is 4.74 Å². The molecule has 1 N–H and O–H groups in total. The SMILES string of the molecule is CCNCc1cncc(-c2cncc(OCC)c2)c1. The van der Waals surface area contributed by atoms with Crippen molar-refractivity contribution in [2.24, 2.45) is 0 Å². The number of pyridine rings is 2. The lowest BCUT2D eigenvalue weighted by molar-refractivity contribution is 0.339. The molecule has 0 radical (unpaired) electrons. The molecule has 0 aliphatic rings. The number of rotatable bonds is 6. The third-order valence-corrected chi connectivity index (χ3v) is 2.73. The number of nitrogens with one attached hydrogen (secondary N) is 1. The van der Waals surface area contributed by atoms with Crippen molar-refractivity contribution in [3.8, 4) is 16.9 Å². The van der Waals surface area contributed by atoms with Crippen LogP contribution in [0, 0.1) is 0 Å². The molecule has 19 heavy (non-hydrogen) atoms. The summed E-state index contributed by atoms with van der Waals surface area (Å²) < 4.78 is 5.47. The van der Waals surface area contributed by atoms with E-state index in [1.807, 2.05) is 31.6 Å². The van der Waals surface area contributed by atoms with Gasteiger partial charge in [-0.2, -0.15) is 0 Å². The molecule has 2 heterocycles. The second kappa shape index (κ2) is 6.85. The van der Waals surface area contributed by atoms with Crippen molar-refractivity contribution in [1.29, 1.82) is 0 Å². The van der Waals surface area contributed by atoms with Crippen molar-refractivity contribution < 1.29 is 4.74 Å². The monoisotopic (exact) mass is 257 g/mol. The van der Waals surface area contributed by atoms with Crippen molar-refractivity contribution >= 4 is 0 Å². The Morgan fingerprint density at radius 2 is 1.74 bits per heavy atom. The van der Waals surface area contributed by atoms with Crippen LogP contribution in [0.25, 0.3) is 11.1 Å². The first-order valence-electron chi connectivity index (χ1n) is 6.56. The van der Waals surface area contributed by atoms with Gasteiger partial charge in [-0.1, -0.05) is 6.92 Å². The van der Waals surface area contributed by atoms with E-state index in [1.54, 1.807) is 6.20 Å². The predicted molar refractivity (Wildman–Crippen MR) is 76.0 cm³/mol. The highest BCUT2D eigenvalue weighted by Crippen LogP contribution is 2.22. The van der Waals surface area contributed by atoms with Crippen LogP contribution in [0.1, 0.15) is 19.4 Å². The molecule has 0 atom stereocenters. The normalized spacial score (nSPS) is 10.4. The molecule has 0 spiro atoms. The average Bonchev–Trinajstić information content (AvgIpc) is 2.46. The average molecular weight is 257 g/mol. The van der Waals surface area contributed by atoms with Gasteiger partial charge in [0.1, 0.15) is 5.75 Å². The topological polar surface area (TPSA) is 47.0 Å². The lowest BCUT2D eigenvalue weighted by Gasteiger charge is -2.07. The molecule has 2 rings (SSSR count). The van der Waals surface area contributed by atoms with Gasteiger partial charge in [0.25, 0.3) is 0 Å². The standard InChI is InChI=1S/C15H19N3O/c1-3-16-7-12-5-13(9-17-8-12)14-6-15(19-4-2)11-18-10-14/h5-6,8-11,16H,3-4,7H2,1-2H3. The second-order valence-corrected chi connectivity index (χ2v) is 4.20. The fourth-order valence-electron chi connectivity index (χ4n) is 1.83. The van der Waals surface area contributed by atoms with Crippen LogP contribution in [-0.2, 0) is 6.54 Å². The molecular formula is C15H19N3O. The zero-order chi connectivity index (χ0) is 13.5. The van der Waals surface area contributed by atoms with Crippen LogP contribution >= 0.6 is 0 Å². The lowest BCUT2D eigenvalue weighted by Crippen LogP contribution is -2.11. The minimum Gasteiger partial charge on any atom is -0.492 e. The molecule has 0 bridgehead atoms. The maximum Gasteiger partial charge on any atom is 0.138 e. The van der Waals surface area contributed by atoms with E-state index in [9.17, 15) is 0 Å². The van der Waals surface area contributed by atoms with E-state index >= 15 is 0 Å². The summed E-state index contributed by atoms with van der Waals surface area (Å²) >= 11 is 0. The van der Waals surface area contributed by atoms with E-state index in [1.165, 1.54) is 5.56 Å². The lowest BCUT2D eigenvalue weighted by atomic mass is 10.1. The number of hydrogen-bond donors (Lipinski definition) is 1. The van der Waals surface area contributed by atoms with Gasteiger partial charge in [-0.15, -0.1) is 0 Å². The molecular weight excluding hydrogens is 238 g/mol. The Balaban J connectivity index is 2.23. The van der Waals surface area contributed by atoms with Crippen molar-refractivity contribution in [2.75, 3.05) is 13.2 Å². The maximum absolute atomic E-state index is 5.47. The number of ether oxygens (including phenoxy) is 1. The molecule has 100 valence electrons. The first-order valence-corrected chi connectivity index (χ1v) is 6.56. The zero-order valence-corrected chi connectivity index (χ0v) is 11.4. The number of nitrogens with zero attached hydrogens (tertiary/aromatic N) is 2. The van der Waals surface area contributed by atoms with Gasteiger partial charge in [0, 0.05) is 36.3 Å². The maximum atomic E-state index is 5.47. The fraction of sp³-hybridized carbons (Fsp3) is 0.333. The molecule has 0 saturated heterocycles. The van der Waals surface area contributed by atoms with Gasteiger partial charge in [0.2, 0.25) is 0 Å². The summed E-state index contributed by atoms with van der Waals surface area (Å²) in [7, 11) is 0. The second-order valence-electron chi connectivity index (χ2n) is 4.20.